The first-order valence-corrected chi connectivity index (χ1v) is 7.71. The largest absolute Gasteiger partial charge is 0.396 e. The van der Waals surface area contributed by atoms with Crippen molar-refractivity contribution in [1.82, 2.24) is 4.90 Å². The van der Waals surface area contributed by atoms with Crippen molar-refractivity contribution in [2.24, 2.45) is 23.0 Å². The Morgan fingerprint density at radius 3 is 2.89 bits per heavy atom. The van der Waals surface area contributed by atoms with Gasteiger partial charge in [0.05, 0.1) is 0 Å². The first-order chi connectivity index (χ1) is 8.67. The smallest absolute Gasteiger partial charge is 0.0434 e. The minimum Gasteiger partial charge on any atom is -0.396 e. The van der Waals surface area contributed by atoms with Crippen molar-refractivity contribution >= 4 is 0 Å². The average Bonchev–Trinajstić information content (AvgIpc) is 2.77. The molecule has 106 valence electrons. The quantitative estimate of drug-likeness (QED) is 0.787. The van der Waals surface area contributed by atoms with Crippen LogP contribution >= 0.6 is 0 Å². The Morgan fingerprint density at radius 2 is 2.22 bits per heavy atom. The van der Waals surface area contributed by atoms with Crippen LogP contribution in [0.15, 0.2) is 0 Å². The molecule has 0 amide bonds. The molecule has 1 saturated heterocycles. The van der Waals surface area contributed by atoms with Crippen LogP contribution in [0.5, 0.6) is 0 Å². The third-order valence-electron chi connectivity index (χ3n) is 5.08. The first kappa shape index (κ1) is 14.3. The maximum absolute atomic E-state index is 9.03. The second-order valence-electron chi connectivity index (χ2n) is 6.81. The van der Waals surface area contributed by atoms with Gasteiger partial charge in [-0.1, -0.05) is 19.8 Å². The summed E-state index contributed by atoms with van der Waals surface area (Å²) >= 11 is 0. The minimum atomic E-state index is 0.345. The highest BCUT2D eigenvalue weighted by atomic mass is 16.3. The summed E-state index contributed by atoms with van der Waals surface area (Å²) in [6, 6.07) is 0. The third-order valence-corrected chi connectivity index (χ3v) is 5.08. The number of aliphatic hydroxyl groups is 1. The summed E-state index contributed by atoms with van der Waals surface area (Å²) in [5.74, 6) is 1.56. The molecule has 0 radical (unpaired) electrons. The lowest BCUT2D eigenvalue weighted by Crippen LogP contribution is -2.44. The van der Waals surface area contributed by atoms with E-state index in [1.54, 1.807) is 0 Å². The number of nitrogens with two attached hydrogens (primary N) is 1. The number of hydrogen-bond donors (Lipinski definition) is 2. The van der Waals surface area contributed by atoms with Crippen LogP contribution in [0.25, 0.3) is 0 Å². The van der Waals surface area contributed by atoms with Gasteiger partial charge in [0.25, 0.3) is 0 Å². The lowest BCUT2D eigenvalue weighted by molar-refractivity contribution is 0.0978. The number of nitrogens with zero attached hydrogens (tertiary/aromatic N) is 1. The first-order valence-electron chi connectivity index (χ1n) is 7.71. The molecule has 3 atom stereocenters. The number of likely N-dealkylation sites (tertiary alicyclic amines) is 1. The van der Waals surface area contributed by atoms with Gasteiger partial charge in [-0.3, -0.25) is 0 Å². The highest BCUT2D eigenvalue weighted by Gasteiger charge is 2.36. The molecule has 3 unspecified atom stereocenters. The third kappa shape index (κ3) is 3.46. The standard InChI is InChI=1S/C15H30N2O/c1-13-3-2-6-15(9-13,11-16)12-17-7-4-14(10-17)5-8-18/h13-14,18H,2-12,16H2,1H3. The van der Waals surface area contributed by atoms with Gasteiger partial charge >= 0.3 is 0 Å². The van der Waals surface area contributed by atoms with Crippen LogP contribution in [0.4, 0.5) is 0 Å². The van der Waals surface area contributed by atoms with Gasteiger partial charge < -0.3 is 15.7 Å². The fourth-order valence-electron chi connectivity index (χ4n) is 4.11. The molecular formula is C15H30N2O. The second kappa shape index (κ2) is 6.36. The molecule has 1 aliphatic heterocycles. The summed E-state index contributed by atoms with van der Waals surface area (Å²) in [6.07, 6.45) is 7.60. The van der Waals surface area contributed by atoms with E-state index in [4.69, 9.17) is 10.8 Å². The van der Waals surface area contributed by atoms with Gasteiger partial charge in [0.15, 0.2) is 0 Å². The molecule has 2 rings (SSSR count). The van der Waals surface area contributed by atoms with Gasteiger partial charge in [-0.2, -0.15) is 0 Å². The summed E-state index contributed by atoms with van der Waals surface area (Å²) in [4.78, 5) is 2.60. The molecular weight excluding hydrogens is 224 g/mol. The molecule has 1 heterocycles. The Balaban J connectivity index is 1.87. The van der Waals surface area contributed by atoms with Crippen molar-refractivity contribution in [3.63, 3.8) is 0 Å². The van der Waals surface area contributed by atoms with Gasteiger partial charge in [-0.15, -0.1) is 0 Å². The van der Waals surface area contributed by atoms with Crippen molar-refractivity contribution in [2.75, 3.05) is 32.8 Å². The van der Waals surface area contributed by atoms with Gasteiger partial charge in [0, 0.05) is 19.7 Å². The number of rotatable bonds is 5. The molecule has 0 spiro atoms. The number of aliphatic hydroxyl groups excluding tert-OH is 1. The fraction of sp³-hybridized carbons (Fsp3) is 1.00. The summed E-state index contributed by atoms with van der Waals surface area (Å²) < 4.78 is 0. The lowest BCUT2D eigenvalue weighted by Gasteiger charge is -2.42. The Hall–Kier alpha value is -0.120. The Labute approximate surface area is 112 Å². The van der Waals surface area contributed by atoms with E-state index in [-0.39, 0.29) is 0 Å². The van der Waals surface area contributed by atoms with Crippen molar-refractivity contribution in [3.8, 4) is 0 Å². The van der Waals surface area contributed by atoms with Crippen LogP contribution in [0.3, 0.4) is 0 Å². The van der Waals surface area contributed by atoms with E-state index in [1.165, 1.54) is 51.7 Å². The monoisotopic (exact) mass is 254 g/mol. The summed E-state index contributed by atoms with van der Waals surface area (Å²) in [7, 11) is 0. The van der Waals surface area contributed by atoms with E-state index < -0.39 is 0 Å². The normalized spacial score (nSPS) is 38.2. The van der Waals surface area contributed by atoms with Crippen LogP contribution in [0, 0.1) is 17.3 Å². The van der Waals surface area contributed by atoms with Gasteiger partial charge in [-0.05, 0) is 56.0 Å². The highest BCUT2D eigenvalue weighted by Crippen LogP contribution is 2.40. The molecule has 1 aliphatic carbocycles. The van der Waals surface area contributed by atoms with E-state index in [0.29, 0.717) is 17.9 Å². The van der Waals surface area contributed by atoms with E-state index in [0.717, 1.165) is 18.9 Å². The Kier molecular flexibility index (Phi) is 5.05. The molecule has 0 aromatic rings. The molecule has 1 saturated carbocycles. The van der Waals surface area contributed by atoms with Crippen LogP contribution in [-0.2, 0) is 0 Å². The fourth-order valence-corrected chi connectivity index (χ4v) is 4.11. The molecule has 3 N–H and O–H groups in total. The average molecular weight is 254 g/mol. The maximum Gasteiger partial charge on any atom is 0.0434 e. The van der Waals surface area contributed by atoms with E-state index >= 15 is 0 Å². The van der Waals surface area contributed by atoms with Gasteiger partial charge in [0.1, 0.15) is 0 Å². The molecule has 0 aromatic heterocycles. The predicted molar refractivity (Wildman–Crippen MR) is 75.4 cm³/mol. The SMILES string of the molecule is CC1CCCC(CN)(CN2CCC(CCO)C2)C1. The van der Waals surface area contributed by atoms with Crippen molar-refractivity contribution < 1.29 is 5.11 Å². The van der Waals surface area contributed by atoms with Crippen molar-refractivity contribution in [2.45, 2.75) is 45.4 Å². The van der Waals surface area contributed by atoms with E-state index in [1.807, 2.05) is 0 Å². The Morgan fingerprint density at radius 1 is 1.39 bits per heavy atom. The van der Waals surface area contributed by atoms with Crippen LogP contribution < -0.4 is 5.73 Å². The van der Waals surface area contributed by atoms with Crippen LogP contribution in [0.2, 0.25) is 0 Å². The second-order valence-corrected chi connectivity index (χ2v) is 6.81. The molecule has 2 aliphatic rings. The van der Waals surface area contributed by atoms with Gasteiger partial charge in [0.2, 0.25) is 0 Å². The molecule has 18 heavy (non-hydrogen) atoms. The molecule has 3 nitrogen and oxygen atoms in total. The van der Waals surface area contributed by atoms with Crippen LogP contribution in [-0.4, -0.2) is 42.8 Å². The summed E-state index contributed by atoms with van der Waals surface area (Å²) in [6.45, 7) is 7.14. The van der Waals surface area contributed by atoms with Crippen LogP contribution in [0.1, 0.15) is 45.4 Å². The topological polar surface area (TPSA) is 49.5 Å². The molecule has 2 fully saturated rings. The Bertz CT molecular complexity index is 259. The highest BCUT2D eigenvalue weighted by molar-refractivity contribution is 4.90. The zero-order valence-corrected chi connectivity index (χ0v) is 11.9. The summed E-state index contributed by atoms with van der Waals surface area (Å²) in [5, 5.41) is 9.03. The molecule has 3 heteroatoms. The zero-order chi connectivity index (χ0) is 13.0. The molecule has 0 bridgehead atoms. The zero-order valence-electron chi connectivity index (χ0n) is 11.9. The lowest BCUT2D eigenvalue weighted by atomic mass is 9.70. The maximum atomic E-state index is 9.03. The van der Waals surface area contributed by atoms with Gasteiger partial charge in [-0.25, -0.2) is 0 Å². The van der Waals surface area contributed by atoms with E-state index in [9.17, 15) is 0 Å². The number of hydrogen-bond acceptors (Lipinski definition) is 3. The summed E-state index contributed by atoms with van der Waals surface area (Å²) in [5.41, 5.74) is 6.49. The van der Waals surface area contributed by atoms with Crippen molar-refractivity contribution in [3.05, 3.63) is 0 Å². The van der Waals surface area contributed by atoms with Crippen molar-refractivity contribution in [1.29, 1.82) is 0 Å². The van der Waals surface area contributed by atoms with E-state index in [2.05, 4.69) is 11.8 Å². The molecule has 0 aromatic carbocycles. The minimum absolute atomic E-state index is 0.345. The predicted octanol–water partition coefficient (Wildman–Crippen LogP) is 1.85.